The molecule has 0 amide bonds. The Kier molecular flexibility index (Phi) is 6.25. The number of hydrogen-bond donors (Lipinski definition) is 1. The van der Waals surface area contributed by atoms with Crippen molar-refractivity contribution in [1.82, 2.24) is 4.90 Å². The summed E-state index contributed by atoms with van der Waals surface area (Å²) in [5, 5.41) is 15.1. The van der Waals surface area contributed by atoms with E-state index < -0.39 is 29.7 Å². The topological polar surface area (TPSA) is 32.7 Å². The van der Waals surface area contributed by atoms with E-state index in [-0.39, 0.29) is 0 Å². The number of para-hydroxylation sites is 1. The minimum absolute atomic E-state index is 0.467. The highest BCUT2D eigenvalue weighted by Gasteiger charge is 2.62. The molecule has 32 heavy (non-hydrogen) atoms. The van der Waals surface area contributed by atoms with Crippen molar-refractivity contribution < 1.29 is 23.0 Å². The molecule has 7 heteroatoms. The molecule has 1 aliphatic carbocycles. The Morgan fingerprint density at radius 1 is 1.16 bits per heavy atom. The molecular weight excluding hydrogens is 435 g/mol. The molecule has 0 radical (unpaired) electrons. The quantitative estimate of drug-likeness (QED) is 0.543. The lowest BCUT2D eigenvalue weighted by atomic mass is 9.69. The Hall–Kier alpha value is -2.12. The number of alkyl halides is 3. The van der Waals surface area contributed by atoms with E-state index in [1.165, 1.54) is 16.7 Å². The van der Waals surface area contributed by atoms with Gasteiger partial charge in [-0.15, -0.1) is 11.8 Å². The van der Waals surface area contributed by atoms with Crippen LogP contribution >= 0.6 is 11.8 Å². The van der Waals surface area contributed by atoms with Crippen LogP contribution in [0.15, 0.2) is 65.2 Å². The number of thioether (sulfide) groups is 1. The van der Waals surface area contributed by atoms with Gasteiger partial charge in [0.1, 0.15) is 5.75 Å². The van der Waals surface area contributed by atoms with Gasteiger partial charge in [-0.1, -0.05) is 50.3 Å². The average Bonchev–Trinajstić information content (AvgIpc) is 3.23. The summed E-state index contributed by atoms with van der Waals surface area (Å²) in [6, 6.07) is 4.35. The van der Waals surface area contributed by atoms with Crippen LogP contribution in [0.3, 0.4) is 0 Å². The molecule has 1 aromatic rings. The number of ether oxygens (including phenoxy) is 1. The molecule has 3 aliphatic rings. The standard InChI is InChI=1S/C25H28F3NO2S/c1-23(2,20-10-6-9-18-11-14-31-21(18)20)17-24(30,25(26,27)28)22(19-7-4-3-5-8-19)29-12-15-32-16-13-29/h3-4,6-7,9-10,12-13,15-16,22,30H,5,8,11,14,17H2,1-2H3. The molecule has 0 saturated heterocycles. The van der Waals surface area contributed by atoms with Crippen LogP contribution in [0.25, 0.3) is 0 Å². The maximum atomic E-state index is 14.8. The van der Waals surface area contributed by atoms with Gasteiger partial charge in [-0.2, -0.15) is 13.2 Å². The summed E-state index contributed by atoms with van der Waals surface area (Å²) in [4.78, 5) is 1.50. The van der Waals surface area contributed by atoms with E-state index >= 15 is 0 Å². The predicted molar refractivity (Wildman–Crippen MR) is 122 cm³/mol. The van der Waals surface area contributed by atoms with Crippen molar-refractivity contribution in [3.63, 3.8) is 0 Å². The first-order valence-corrected chi connectivity index (χ1v) is 11.7. The van der Waals surface area contributed by atoms with Crippen molar-refractivity contribution in [3.05, 3.63) is 76.3 Å². The van der Waals surface area contributed by atoms with Crippen molar-refractivity contribution in [2.24, 2.45) is 0 Å². The molecule has 2 aliphatic heterocycles. The Bertz CT molecular complexity index is 968. The monoisotopic (exact) mass is 463 g/mol. The summed E-state index contributed by atoms with van der Waals surface area (Å²) in [7, 11) is 0. The Morgan fingerprint density at radius 3 is 2.56 bits per heavy atom. The molecule has 2 atom stereocenters. The summed E-state index contributed by atoms with van der Waals surface area (Å²) in [5.74, 6) is 0.660. The SMILES string of the molecule is CC(C)(CC(O)(C(C1=CC=CCC1)N1C=CSC=C1)C(F)(F)F)c1cccc2c1OCC2. The van der Waals surface area contributed by atoms with Crippen LogP contribution in [0.2, 0.25) is 0 Å². The lowest BCUT2D eigenvalue weighted by molar-refractivity contribution is -0.279. The maximum absolute atomic E-state index is 14.8. The summed E-state index contributed by atoms with van der Waals surface area (Å²) in [6.07, 6.45) is 5.16. The lowest BCUT2D eigenvalue weighted by Gasteiger charge is -2.47. The molecule has 0 fully saturated rings. The number of rotatable bonds is 6. The summed E-state index contributed by atoms with van der Waals surface area (Å²) in [6.45, 7) is 4.03. The highest BCUT2D eigenvalue weighted by molar-refractivity contribution is 8.04. The Morgan fingerprint density at radius 2 is 1.91 bits per heavy atom. The number of fused-ring (bicyclic) bond motifs is 1. The molecule has 0 aromatic heterocycles. The lowest BCUT2D eigenvalue weighted by Crippen LogP contribution is -2.61. The Balaban J connectivity index is 1.80. The highest BCUT2D eigenvalue weighted by Crippen LogP contribution is 2.49. The zero-order valence-corrected chi connectivity index (χ0v) is 19.0. The third kappa shape index (κ3) is 4.25. The van der Waals surface area contributed by atoms with Crippen LogP contribution in [-0.2, 0) is 11.8 Å². The van der Waals surface area contributed by atoms with Gasteiger partial charge in [0.05, 0.1) is 12.6 Å². The van der Waals surface area contributed by atoms with Crippen LogP contribution in [0.1, 0.15) is 44.2 Å². The predicted octanol–water partition coefficient (Wildman–Crippen LogP) is 6.22. The normalized spacial score (nSPS) is 21.1. The van der Waals surface area contributed by atoms with Crippen LogP contribution < -0.4 is 4.74 Å². The highest BCUT2D eigenvalue weighted by atomic mass is 32.2. The largest absolute Gasteiger partial charge is 0.493 e. The molecule has 0 bridgehead atoms. The molecule has 2 heterocycles. The third-order valence-corrected chi connectivity index (χ3v) is 6.97. The van der Waals surface area contributed by atoms with Gasteiger partial charge in [-0.3, -0.25) is 0 Å². The number of aliphatic hydroxyl groups is 1. The first-order valence-electron chi connectivity index (χ1n) is 10.8. The first-order chi connectivity index (χ1) is 15.1. The van der Waals surface area contributed by atoms with Gasteiger partial charge in [-0.25, -0.2) is 0 Å². The number of nitrogens with zero attached hydrogens (tertiary/aromatic N) is 1. The molecule has 1 aromatic carbocycles. The average molecular weight is 464 g/mol. The maximum Gasteiger partial charge on any atom is 0.419 e. The van der Waals surface area contributed by atoms with Crippen molar-refractivity contribution in [1.29, 1.82) is 0 Å². The van der Waals surface area contributed by atoms with Crippen molar-refractivity contribution in [3.8, 4) is 5.75 Å². The van der Waals surface area contributed by atoms with E-state index in [2.05, 4.69) is 0 Å². The Labute approximate surface area is 191 Å². The third-order valence-electron chi connectivity index (χ3n) is 6.42. The minimum Gasteiger partial charge on any atom is -0.493 e. The van der Waals surface area contributed by atoms with E-state index in [0.717, 1.165) is 12.0 Å². The molecule has 4 rings (SSSR count). The number of allylic oxidation sites excluding steroid dienone is 3. The second-order valence-corrected chi connectivity index (χ2v) is 9.96. The second-order valence-electron chi connectivity index (χ2n) is 9.14. The molecule has 1 N–H and O–H groups in total. The van der Waals surface area contributed by atoms with Crippen LogP contribution in [0.4, 0.5) is 13.2 Å². The molecule has 3 nitrogen and oxygen atoms in total. The zero-order valence-electron chi connectivity index (χ0n) is 18.2. The molecule has 0 saturated carbocycles. The van der Waals surface area contributed by atoms with E-state index in [1.807, 2.05) is 24.3 Å². The first kappa shape index (κ1) is 23.1. The van der Waals surface area contributed by atoms with Gasteiger partial charge < -0.3 is 14.7 Å². The fourth-order valence-corrected chi connectivity index (χ4v) is 5.45. The number of hydrogen-bond acceptors (Lipinski definition) is 4. The minimum atomic E-state index is -4.85. The zero-order chi connectivity index (χ0) is 23.0. The molecule has 0 spiro atoms. The smallest absolute Gasteiger partial charge is 0.419 e. The number of benzene rings is 1. The fraction of sp³-hybridized carbons (Fsp3) is 0.440. The van der Waals surface area contributed by atoms with E-state index in [4.69, 9.17) is 4.74 Å². The van der Waals surface area contributed by atoms with Gasteiger partial charge in [0, 0.05) is 24.4 Å². The summed E-state index contributed by atoms with van der Waals surface area (Å²) < 4.78 is 50.1. The van der Waals surface area contributed by atoms with Gasteiger partial charge >= 0.3 is 6.18 Å². The number of halogens is 3. The fourth-order valence-electron chi connectivity index (χ4n) is 4.94. The van der Waals surface area contributed by atoms with Crippen LogP contribution in [-0.4, -0.2) is 34.4 Å². The second kappa shape index (κ2) is 8.67. The van der Waals surface area contributed by atoms with Gasteiger partial charge in [0.2, 0.25) is 0 Å². The van der Waals surface area contributed by atoms with Gasteiger partial charge in [-0.05, 0) is 46.6 Å². The van der Waals surface area contributed by atoms with Gasteiger partial charge in [0.25, 0.3) is 0 Å². The molecular formula is C25H28F3NO2S. The van der Waals surface area contributed by atoms with E-state index in [0.29, 0.717) is 36.3 Å². The summed E-state index contributed by atoms with van der Waals surface area (Å²) in [5.41, 5.74) is -1.69. The van der Waals surface area contributed by atoms with Gasteiger partial charge in [0.15, 0.2) is 5.60 Å². The van der Waals surface area contributed by atoms with Crippen molar-refractivity contribution in [2.45, 2.75) is 62.8 Å². The van der Waals surface area contributed by atoms with E-state index in [9.17, 15) is 18.3 Å². The van der Waals surface area contributed by atoms with Crippen LogP contribution in [0, 0.1) is 0 Å². The van der Waals surface area contributed by atoms with Crippen LogP contribution in [0.5, 0.6) is 5.75 Å². The summed E-state index contributed by atoms with van der Waals surface area (Å²) >= 11 is 1.39. The molecule has 172 valence electrons. The van der Waals surface area contributed by atoms with Crippen molar-refractivity contribution >= 4 is 11.8 Å². The van der Waals surface area contributed by atoms with E-state index in [1.54, 1.807) is 49.2 Å². The molecule has 2 unspecified atom stereocenters. The van der Waals surface area contributed by atoms with Crippen molar-refractivity contribution in [2.75, 3.05) is 6.61 Å².